The van der Waals surface area contributed by atoms with E-state index < -0.39 is 0 Å². The molecule has 1 aliphatic heterocycles. The van der Waals surface area contributed by atoms with Gasteiger partial charge in [0.25, 0.3) is 0 Å². The van der Waals surface area contributed by atoms with E-state index in [0.29, 0.717) is 17.3 Å². The Hall–Kier alpha value is -3.22. The van der Waals surface area contributed by atoms with E-state index in [1.807, 2.05) is 24.4 Å². The molecule has 1 N–H and O–H groups in total. The predicted molar refractivity (Wildman–Crippen MR) is 105 cm³/mol. The number of ether oxygens (including phenoxy) is 1. The first-order valence-corrected chi connectivity index (χ1v) is 9.13. The van der Waals surface area contributed by atoms with Gasteiger partial charge in [-0.15, -0.1) is 0 Å². The number of hydrogen-bond acceptors (Lipinski definition) is 7. The Labute approximate surface area is 158 Å². The maximum Gasteiger partial charge on any atom is 0.175 e. The van der Waals surface area contributed by atoms with E-state index in [2.05, 4.69) is 36.2 Å². The number of anilines is 3. The molecule has 7 nitrogen and oxygen atoms in total. The fourth-order valence-electron chi connectivity index (χ4n) is 3.20. The molecule has 3 aromatic heterocycles. The maximum atomic E-state index is 5.43. The molecule has 0 bridgehead atoms. The van der Waals surface area contributed by atoms with Crippen LogP contribution in [0.3, 0.4) is 0 Å². The second-order valence-electron chi connectivity index (χ2n) is 6.41. The second-order valence-corrected chi connectivity index (χ2v) is 6.41. The zero-order chi connectivity index (χ0) is 18.5. The van der Waals surface area contributed by atoms with Crippen molar-refractivity contribution in [3.8, 4) is 17.1 Å². The Bertz CT molecular complexity index is 879. The van der Waals surface area contributed by atoms with Gasteiger partial charge in [-0.1, -0.05) is 0 Å². The summed E-state index contributed by atoms with van der Waals surface area (Å²) in [5, 5.41) is 3.25. The van der Waals surface area contributed by atoms with Gasteiger partial charge in [0.15, 0.2) is 11.6 Å². The fourth-order valence-corrected chi connectivity index (χ4v) is 3.20. The minimum atomic E-state index is 0.596. The zero-order valence-electron chi connectivity index (χ0n) is 15.3. The van der Waals surface area contributed by atoms with Crippen LogP contribution in [0.4, 0.5) is 17.3 Å². The van der Waals surface area contributed by atoms with Gasteiger partial charge in [-0.3, -0.25) is 9.97 Å². The number of aromatic nitrogens is 4. The van der Waals surface area contributed by atoms with Gasteiger partial charge in [-0.2, -0.15) is 0 Å². The lowest BCUT2D eigenvalue weighted by molar-refractivity contribution is 0.415. The predicted octanol–water partition coefficient (Wildman–Crippen LogP) is 3.68. The minimum Gasteiger partial charge on any atom is -0.493 e. The van der Waals surface area contributed by atoms with Crippen LogP contribution in [-0.2, 0) is 0 Å². The highest BCUT2D eigenvalue weighted by atomic mass is 16.5. The van der Waals surface area contributed by atoms with Crippen molar-refractivity contribution in [3.05, 3.63) is 49.1 Å². The molecule has 4 heterocycles. The average molecular weight is 362 g/mol. The van der Waals surface area contributed by atoms with Gasteiger partial charge in [0.1, 0.15) is 11.5 Å². The second kappa shape index (κ2) is 7.99. The summed E-state index contributed by atoms with van der Waals surface area (Å²) in [6, 6.07) is 7.79. The van der Waals surface area contributed by atoms with Crippen molar-refractivity contribution in [2.24, 2.45) is 0 Å². The first-order chi connectivity index (χ1) is 13.3. The Kier molecular flexibility index (Phi) is 5.09. The van der Waals surface area contributed by atoms with E-state index in [4.69, 9.17) is 4.74 Å². The summed E-state index contributed by atoms with van der Waals surface area (Å²) in [4.78, 5) is 20.0. The van der Waals surface area contributed by atoms with Crippen molar-refractivity contribution in [2.75, 3.05) is 30.4 Å². The zero-order valence-corrected chi connectivity index (χ0v) is 15.3. The molecule has 0 aromatic carbocycles. The molecule has 0 radical (unpaired) electrons. The van der Waals surface area contributed by atoms with Crippen LogP contribution in [0.25, 0.3) is 11.4 Å². The largest absolute Gasteiger partial charge is 0.493 e. The molecule has 0 spiro atoms. The third-order valence-electron chi connectivity index (χ3n) is 4.62. The normalized spacial score (nSPS) is 14.0. The highest BCUT2D eigenvalue weighted by Crippen LogP contribution is 2.28. The third-order valence-corrected chi connectivity index (χ3v) is 4.62. The lowest BCUT2D eigenvalue weighted by Crippen LogP contribution is -2.29. The number of rotatable bonds is 5. The molecule has 0 atom stereocenters. The van der Waals surface area contributed by atoms with E-state index in [1.165, 1.54) is 19.3 Å². The first kappa shape index (κ1) is 17.2. The summed E-state index contributed by atoms with van der Waals surface area (Å²) in [7, 11) is 1.62. The van der Waals surface area contributed by atoms with E-state index in [9.17, 15) is 0 Å². The van der Waals surface area contributed by atoms with Crippen molar-refractivity contribution in [3.63, 3.8) is 0 Å². The Morgan fingerprint density at radius 3 is 2.52 bits per heavy atom. The molecule has 4 rings (SSSR count). The smallest absolute Gasteiger partial charge is 0.175 e. The molecular weight excluding hydrogens is 340 g/mol. The molecular formula is C20H22N6O. The Balaban J connectivity index is 1.56. The highest BCUT2D eigenvalue weighted by molar-refractivity contribution is 5.66. The van der Waals surface area contributed by atoms with Crippen molar-refractivity contribution in [1.82, 2.24) is 19.9 Å². The van der Waals surface area contributed by atoms with E-state index in [-0.39, 0.29) is 0 Å². The summed E-state index contributed by atoms with van der Waals surface area (Å²) < 4.78 is 5.43. The molecule has 1 saturated heterocycles. The van der Waals surface area contributed by atoms with E-state index >= 15 is 0 Å². The molecule has 0 unspecified atom stereocenters. The summed E-state index contributed by atoms with van der Waals surface area (Å²) in [6.45, 7) is 2.20. The van der Waals surface area contributed by atoms with Crippen LogP contribution in [0.15, 0.2) is 49.1 Å². The van der Waals surface area contributed by atoms with Crippen LogP contribution in [0.2, 0.25) is 0 Å². The molecule has 0 amide bonds. The molecule has 0 aliphatic carbocycles. The van der Waals surface area contributed by atoms with Gasteiger partial charge < -0.3 is 15.0 Å². The SMILES string of the molecule is COc1ccc(-c2cnccn2)nc1Nc1ccc(N2CCCCC2)cn1. The van der Waals surface area contributed by atoms with Gasteiger partial charge in [-0.05, 0) is 43.5 Å². The molecule has 7 heteroatoms. The van der Waals surface area contributed by atoms with Gasteiger partial charge in [0.2, 0.25) is 0 Å². The molecule has 27 heavy (non-hydrogen) atoms. The lowest BCUT2D eigenvalue weighted by Gasteiger charge is -2.28. The summed E-state index contributed by atoms with van der Waals surface area (Å²) >= 11 is 0. The summed E-state index contributed by atoms with van der Waals surface area (Å²) in [5.74, 6) is 1.96. The molecule has 1 aliphatic rings. The Morgan fingerprint density at radius 2 is 1.81 bits per heavy atom. The number of hydrogen-bond donors (Lipinski definition) is 1. The molecule has 1 fully saturated rings. The van der Waals surface area contributed by atoms with Crippen molar-refractivity contribution in [1.29, 1.82) is 0 Å². The van der Waals surface area contributed by atoms with Crippen molar-refractivity contribution >= 4 is 17.3 Å². The number of pyridine rings is 2. The Morgan fingerprint density at radius 1 is 0.926 bits per heavy atom. The van der Waals surface area contributed by atoms with Gasteiger partial charge in [-0.25, -0.2) is 9.97 Å². The summed E-state index contributed by atoms with van der Waals surface area (Å²) in [5.41, 5.74) is 2.58. The summed E-state index contributed by atoms with van der Waals surface area (Å²) in [6.07, 6.45) is 10.7. The van der Waals surface area contributed by atoms with Crippen LogP contribution in [0, 0.1) is 0 Å². The molecule has 0 saturated carbocycles. The lowest BCUT2D eigenvalue weighted by atomic mass is 10.1. The van der Waals surface area contributed by atoms with Crippen molar-refractivity contribution < 1.29 is 4.74 Å². The number of piperidine rings is 1. The molecule has 3 aromatic rings. The maximum absolute atomic E-state index is 5.43. The van der Waals surface area contributed by atoms with Crippen LogP contribution < -0.4 is 15.0 Å². The third kappa shape index (κ3) is 3.97. The monoisotopic (exact) mass is 362 g/mol. The van der Waals surface area contributed by atoms with E-state index in [1.54, 1.807) is 25.7 Å². The number of methoxy groups -OCH3 is 1. The fraction of sp³-hybridized carbons (Fsp3) is 0.300. The quantitative estimate of drug-likeness (QED) is 0.742. The van der Waals surface area contributed by atoms with Gasteiger partial charge in [0, 0.05) is 25.5 Å². The van der Waals surface area contributed by atoms with Crippen molar-refractivity contribution in [2.45, 2.75) is 19.3 Å². The topological polar surface area (TPSA) is 76.1 Å². The average Bonchev–Trinajstić information content (AvgIpc) is 2.75. The standard InChI is InChI=1S/C20H22N6O/c1-27-18-7-6-16(17-14-21-9-10-22-17)24-20(18)25-19-8-5-15(13-23-19)26-11-3-2-4-12-26/h5-10,13-14H,2-4,11-12H2,1H3,(H,23,24,25). The first-order valence-electron chi connectivity index (χ1n) is 9.13. The van der Waals surface area contributed by atoms with Crippen LogP contribution in [0.5, 0.6) is 5.75 Å². The highest BCUT2D eigenvalue weighted by Gasteiger charge is 2.13. The minimum absolute atomic E-state index is 0.596. The number of nitrogens with one attached hydrogen (secondary N) is 1. The van der Waals surface area contributed by atoms with Crippen LogP contribution >= 0.6 is 0 Å². The van der Waals surface area contributed by atoms with Crippen LogP contribution in [0.1, 0.15) is 19.3 Å². The molecule has 138 valence electrons. The number of nitrogens with zero attached hydrogens (tertiary/aromatic N) is 5. The van der Waals surface area contributed by atoms with E-state index in [0.717, 1.165) is 30.3 Å². The van der Waals surface area contributed by atoms with Gasteiger partial charge in [0.05, 0.1) is 30.9 Å². The van der Waals surface area contributed by atoms with Crippen LogP contribution in [-0.4, -0.2) is 40.1 Å². The van der Waals surface area contributed by atoms with Gasteiger partial charge >= 0.3 is 0 Å².